The molecule has 4 rings (SSSR count). The minimum absolute atomic E-state index is 0.0120. The monoisotopic (exact) mass is 545 g/mol. The van der Waals surface area contributed by atoms with Crippen LogP contribution in [0.25, 0.3) is 21.9 Å². The normalized spacial score (nSPS) is 16.9. The molecule has 1 aliphatic rings. The summed E-state index contributed by atoms with van der Waals surface area (Å²) in [5, 5.41) is 1.23. The lowest BCUT2D eigenvalue weighted by Crippen LogP contribution is -2.49. The first kappa shape index (κ1) is 25.0. The molecule has 10 heteroatoms. The van der Waals surface area contributed by atoms with Crippen molar-refractivity contribution in [1.29, 1.82) is 0 Å². The van der Waals surface area contributed by atoms with Crippen LogP contribution in [0.5, 0.6) is 0 Å². The number of anilines is 1. The fraction of sp³-hybridized carbons (Fsp3) is 0.440. The number of amides is 3. The van der Waals surface area contributed by atoms with Crippen molar-refractivity contribution in [3.05, 3.63) is 34.6 Å². The molecule has 9 nitrogen and oxygen atoms in total. The standard InChI is InChI=1S/C25H28BrN3O6/c1-13-12-28(22(31)34-24(2,3)4)19-18-14-8-11-17(26)27-15(14)9-10-16(18)33-20(19)21(30)29(13)23(32)35-25(5,6)7/h8-11,13H,12H2,1-7H3/t13-/m1/s1. The van der Waals surface area contributed by atoms with Crippen LogP contribution in [0, 0.1) is 0 Å². The van der Waals surface area contributed by atoms with E-state index in [9.17, 15) is 14.4 Å². The van der Waals surface area contributed by atoms with Gasteiger partial charge in [-0.25, -0.2) is 19.5 Å². The third-order valence-corrected chi connectivity index (χ3v) is 5.68. The molecule has 1 atom stereocenters. The molecule has 0 unspecified atom stereocenters. The van der Waals surface area contributed by atoms with E-state index in [1.165, 1.54) is 4.90 Å². The van der Waals surface area contributed by atoms with Gasteiger partial charge in [0.25, 0.3) is 0 Å². The Labute approximate surface area is 211 Å². The van der Waals surface area contributed by atoms with Crippen molar-refractivity contribution >= 4 is 61.6 Å². The van der Waals surface area contributed by atoms with Gasteiger partial charge in [0, 0.05) is 5.39 Å². The molecule has 0 spiro atoms. The van der Waals surface area contributed by atoms with Crippen LogP contribution in [-0.4, -0.2) is 51.8 Å². The maximum atomic E-state index is 13.7. The highest BCUT2D eigenvalue weighted by Crippen LogP contribution is 2.42. The number of furan rings is 1. The van der Waals surface area contributed by atoms with E-state index in [1.807, 2.05) is 6.07 Å². The van der Waals surface area contributed by atoms with Gasteiger partial charge in [-0.2, -0.15) is 0 Å². The van der Waals surface area contributed by atoms with Crippen LogP contribution in [0.2, 0.25) is 0 Å². The highest BCUT2D eigenvalue weighted by molar-refractivity contribution is 9.10. The number of aromatic nitrogens is 1. The van der Waals surface area contributed by atoms with Crippen LogP contribution in [0.3, 0.4) is 0 Å². The highest BCUT2D eigenvalue weighted by atomic mass is 79.9. The van der Waals surface area contributed by atoms with Gasteiger partial charge in [0.2, 0.25) is 5.76 Å². The van der Waals surface area contributed by atoms with Crippen molar-refractivity contribution < 1.29 is 28.3 Å². The molecule has 3 aromatic rings. The molecule has 0 saturated heterocycles. The second-order valence-corrected chi connectivity index (χ2v) is 11.3. The van der Waals surface area contributed by atoms with Gasteiger partial charge in [-0.1, -0.05) is 0 Å². The van der Waals surface area contributed by atoms with Gasteiger partial charge < -0.3 is 13.9 Å². The number of rotatable bonds is 0. The number of hydrogen-bond donors (Lipinski definition) is 0. The fourth-order valence-corrected chi connectivity index (χ4v) is 4.29. The van der Waals surface area contributed by atoms with Crippen LogP contribution in [0.15, 0.2) is 33.3 Å². The summed E-state index contributed by atoms with van der Waals surface area (Å²) in [6.07, 6.45) is -1.47. The number of fused-ring (bicyclic) bond motifs is 5. The summed E-state index contributed by atoms with van der Waals surface area (Å²) in [6.45, 7) is 12.1. The third-order valence-electron chi connectivity index (χ3n) is 5.24. The number of halogens is 1. The van der Waals surface area contributed by atoms with E-state index in [-0.39, 0.29) is 18.0 Å². The Morgan fingerprint density at radius 1 is 1.03 bits per heavy atom. The predicted octanol–water partition coefficient (Wildman–Crippen LogP) is 6.26. The SMILES string of the molecule is C[C@@H]1CN(C(=O)OC(C)(C)C)c2c(oc3ccc4nc(Br)ccc4c23)C(=O)N1C(=O)OC(C)(C)C. The summed E-state index contributed by atoms with van der Waals surface area (Å²) in [7, 11) is 0. The summed E-state index contributed by atoms with van der Waals surface area (Å²) < 4.78 is 17.8. The minimum Gasteiger partial charge on any atom is -0.449 e. The quantitative estimate of drug-likeness (QED) is 0.307. The molecule has 1 aliphatic heterocycles. The maximum absolute atomic E-state index is 13.7. The van der Waals surface area contributed by atoms with Crippen LogP contribution < -0.4 is 4.90 Å². The Hall–Kier alpha value is -3.14. The first-order valence-corrected chi connectivity index (χ1v) is 12.0. The summed E-state index contributed by atoms with van der Waals surface area (Å²) in [6, 6.07) is 6.34. The number of imide groups is 1. The zero-order valence-electron chi connectivity index (χ0n) is 20.8. The van der Waals surface area contributed by atoms with Gasteiger partial charge in [-0.3, -0.25) is 9.69 Å². The Balaban J connectivity index is 1.97. The van der Waals surface area contributed by atoms with Gasteiger partial charge in [0.15, 0.2) is 0 Å². The summed E-state index contributed by atoms with van der Waals surface area (Å²) in [5.41, 5.74) is -0.331. The zero-order chi connectivity index (χ0) is 25.9. The average molecular weight is 546 g/mol. The van der Waals surface area contributed by atoms with Gasteiger partial charge in [0.1, 0.15) is 27.1 Å². The van der Waals surface area contributed by atoms with Gasteiger partial charge in [-0.05, 0) is 88.7 Å². The van der Waals surface area contributed by atoms with Crippen molar-refractivity contribution in [3.63, 3.8) is 0 Å². The molecule has 35 heavy (non-hydrogen) atoms. The topological polar surface area (TPSA) is 102 Å². The Kier molecular flexibility index (Phi) is 6.07. The van der Waals surface area contributed by atoms with E-state index in [2.05, 4.69) is 20.9 Å². The molecule has 2 aromatic heterocycles. The van der Waals surface area contributed by atoms with E-state index in [0.29, 0.717) is 26.5 Å². The Bertz CT molecular complexity index is 1350. The maximum Gasteiger partial charge on any atom is 0.417 e. The number of benzene rings is 1. The minimum atomic E-state index is -0.819. The molecule has 3 amide bonds. The molecule has 0 saturated carbocycles. The smallest absolute Gasteiger partial charge is 0.417 e. The fourth-order valence-electron chi connectivity index (χ4n) is 3.97. The van der Waals surface area contributed by atoms with Crippen molar-refractivity contribution in [2.75, 3.05) is 11.4 Å². The molecule has 0 radical (unpaired) electrons. The molecule has 0 N–H and O–H groups in total. The highest BCUT2D eigenvalue weighted by Gasteiger charge is 2.43. The summed E-state index contributed by atoms with van der Waals surface area (Å²) in [5.74, 6) is -0.835. The van der Waals surface area contributed by atoms with Gasteiger partial charge in [0.05, 0.1) is 23.5 Å². The second kappa shape index (κ2) is 8.51. The average Bonchev–Trinajstić information content (AvgIpc) is 3.04. The molecule has 186 valence electrons. The lowest BCUT2D eigenvalue weighted by Gasteiger charge is -2.31. The molecular weight excluding hydrogens is 518 g/mol. The molecular formula is C25H28BrN3O6. The van der Waals surface area contributed by atoms with E-state index >= 15 is 0 Å². The Morgan fingerprint density at radius 3 is 2.29 bits per heavy atom. The number of carbonyl (C=O) groups is 3. The lowest BCUT2D eigenvalue weighted by atomic mass is 10.1. The lowest BCUT2D eigenvalue weighted by molar-refractivity contribution is 0.0172. The Morgan fingerprint density at radius 2 is 1.66 bits per heavy atom. The van der Waals surface area contributed by atoms with E-state index in [1.54, 1.807) is 66.7 Å². The first-order chi connectivity index (χ1) is 16.2. The summed E-state index contributed by atoms with van der Waals surface area (Å²) in [4.78, 5) is 47.0. The first-order valence-electron chi connectivity index (χ1n) is 11.2. The predicted molar refractivity (Wildman–Crippen MR) is 135 cm³/mol. The van der Waals surface area contributed by atoms with Crippen LogP contribution in [-0.2, 0) is 9.47 Å². The molecule has 3 heterocycles. The van der Waals surface area contributed by atoms with Crippen molar-refractivity contribution in [2.24, 2.45) is 0 Å². The van der Waals surface area contributed by atoms with Crippen LogP contribution >= 0.6 is 15.9 Å². The van der Waals surface area contributed by atoms with E-state index in [0.717, 1.165) is 4.90 Å². The number of carbonyl (C=O) groups excluding carboxylic acids is 3. The molecule has 0 fully saturated rings. The van der Waals surface area contributed by atoms with Crippen LogP contribution in [0.1, 0.15) is 59.0 Å². The van der Waals surface area contributed by atoms with E-state index in [4.69, 9.17) is 13.9 Å². The number of hydrogen-bond acceptors (Lipinski definition) is 7. The molecule has 1 aromatic carbocycles. The number of ether oxygens (including phenoxy) is 2. The van der Waals surface area contributed by atoms with Gasteiger partial charge >= 0.3 is 18.1 Å². The van der Waals surface area contributed by atoms with Crippen molar-refractivity contribution in [3.8, 4) is 0 Å². The second-order valence-electron chi connectivity index (χ2n) is 10.5. The number of pyridine rings is 1. The third kappa shape index (κ3) is 4.84. The molecule has 0 bridgehead atoms. The largest absolute Gasteiger partial charge is 0.449 e. The van der Waals surface area contributed by atoms with Crippen molar-refractivity contribution in [1.82, 2.24) is 9.88 Å². The van der Waals surface area contributed by atoms with Gasteiger partial charge in [-0.15, -0.1) is 0 Å². The molecule has 0 aliphatic carbocycles. The number of nitrogens with zero attached hydrogens (tertiary/aromatic N) is 3. The van der Waals surface area contributed by atoms with Crippen molar-refractivity contribution in [2.45, 2.75) is 65.7 Å². The van der Waals surface area contributed by atoms with E-state index < -0.39 is 35.3 Å². The summed E-state index contributed by atoms with van der Waals surface area (Å²) >= 11 is 3.38. The van der Waals surface area contributed by atoms with Crippen LogP contribution in [0.4, 0.5) is 15.3 Å². The zero-order valence-corrected chi connectivity index (χ0v) is 22.3.